The third-order valence-electron chi connectivity index (χ3n) is 8.65. The van der Waals surface area contributed by atoms with E-state index in [0.29, 0.717) is 35.5 Å². The molecule has 0 unspecified atom stereocenters. The maximum Gasteiger partial charge on any atom is 0.0616 e. The van der Waals surface area contributed by atoms with E-state index in [0.717, 1.165) is 25.7 Å². The summed E-state index contributed by atoms with van der Waals surface area (Å²) >= 11 is 0. The summed E-state index contributed by atoms with van der Waals surface area (Å²) in [6.45, 7) is 10.7. The third kappa shape index (κ3) is 5.58. The van der Waals surface area contributed by atoms with E-state index in [2.05, 4.69) is 32.9 Å². The lowest BCUT2D eigenvalue weighted by molar-refractivity contribution is 0.000134. The number of hydrogen-bond acceptors (Lipinski definition) is 3. The maximum atomic E-state index is 10.5. The molecule has 0 aliphatic heterocycles. The van der Waals surface area contributed by atoms with Crippen LogP contribution in [0.15, 0.2) is 23.3 Å². The molecular formula is C27H46O3. The van der Waals surface area contributed by atoms with Gasteiger partial charge in [-0.25, -0.2) is 0 Å². The Hall–Kier alpha value is -0.640. The number of rotatable bonds is 6. The summed E-state index contributed by atoms with van der Waals surface area (Å²) in [7, 11) is 0. The fraction of sp³-hybridized carbons (Fsp3) is 0.852. The second-order valence-electron chi connectivity index (χ2n) is 11.8. The highest BCUT2D eigenvalue weighted by molar-refractivity contribution is 5.26. The van der Waals surface area contributed by atoms with Gasteiger partial charge in [-0.05, 0) is 101 Å². The van der Waals surface area contributed by atoms with E-state index in [1.54, 1.807) is 19.4 Å². The van der Waals surface area contributed by atoms with Gasteiger partial charge in [0.05, 0.1) is 17.8 Å². The van der Waals surface area contributed by atoms with Crippen molar-refractivity contribution < 1.29 is 15.3 Å². The van der Waals surface area contributed by atoms with Gasteiger partial charge in [0.1, 0.15) is 0 Å². The summed E-state index contributed by atoms with van der Waals surface area (Å²) in [5.41, 5.74) is 2.56. The van der Waals surface area contributed by atoms with Gasteiger partial charge in [-0.3, -0.25) is 0 Å². The second kappa shape index (κ2) is 9.46. The fourth-order valence-electron chi connectivity index (χ4n) is 7.12. The molecule has 7 atom stereocenters. The molecule has 0 spiro atoms. The molecule has 30 heavy (non-hydrogen) atoms. The molecule has 0 aromatic carbocycles. The molecule has 0 amide bonds. The lowest BCUT2D eigenvalue weighted by atomic mass is 9.60. The van der Waals surface area contributed by atoms with Crippen LogP contribution >= 0.6 is 0 Å². The topological polar surface area (TPSA) is 60.7 Å². The molecule has 3 saturated carbocycles. The number of allylic oxidation sites excluding steroid dienone is 3. The lowest BCUT2D eigenvalue weighted by Crippen LogP contribution is -2.37. The zero-order valence-corrected chi connectivity index (χ0v) is 20.0. The predicted molar refractivity (Wildman–Crippen MR) is 124 cm³/mol. The SMILES string of the molecule is C[C@H](C[C@H](O)CC(C)(C)O)[C@H]1CC[C@H]2/C(=C/C=C3C[C@@H](O)CC[C@@H]3C)CCC[C@]12C. The summed E-state index contributed by atoms with van der Waals surface area (Å²) in [4.78, 5) is 0. The van der Waals surface area contributed by atoms with E-state index in [1.165, 1.54) is 37.7 Å². The van der Waals surface area contributed by atoms with Crippen molar-refractivity contribution >= 4 is 0 Å². The van der Waals surface area contributed by atoms with Crippen LogP contribution in [0.2, 0.25) is 0 Å². The molecule has 3 aliphatic carbocycles. The molecule has 172 valence electrons. The van der Waals surface area contributed by atoms with Gasteiger partial charge >= 0.3 is 0 Å². The number of hydrogen-bond donors (Lipinski definition) is 3. The Balaban J connectivity index is 1.70. The van der Waals surface area contributed by atoms with Gasteiger partial charge in [-0.2, -0.15) is 0 Å². The van der Waals surface area contributed by atoms with E-state index in [9.17, 15) is 15.3 Å². The fourth-order valence-corrected chi connectivity index (χ4v) is 7.12. The standard InChI is InChI=1S/C27H46O3/c1-18-8-11-22(28)16-21(18)10-9-20-7-6-14-27(5)24(12-13-25(20)27)19(2)15-23(29)17-26(3,4)30/h9-10,18-19,22-25,28-30H,6-8,11-17H2,1-5H3/b20-9+,21-10?/t18-,19+,22-,23-,24+,25-,27+/m0/s1. The monoisotopic (exact) mass is 418 g/mol. The molecule has 0 bridgehead atoms. The van der Waals surface area contributed by atoms with Gasteiger partial charge in [0, 0.05) is 6.42 Å². The molecule has 3 aliphatic rings. The molecule has 0 radical (unpaired) electrons. The van der Waals surface area contributed by atoms with Crippen LogP contribution in [0.1, 0.15) is 98.8 Å². The molecule has 3 fully saturated rings. The summed E-state index contributed by atoms with van der Waals surface area (Å²) in [5.74, 6) is 2.37. The number of aliphatic hydroxyl groups excluding tert-OH is 2. The van der Waals surface area contributed by atoms with Crippen LogP contribution in [0.25, 0.3) is 0 Å². The van der Waals surface area contributed by atoms with Gasteiger partial charge in [0.25, 0.3) is 0 Å². The Morgan fingerprint density at radius 2 is 1.83 bits per heavy atom. The first-order chi connectivity index (χ1) is 14.0. The first-order valence-corrected chi connectivity index (χ1v) is 12.5. The quantitative estimate of drug-likeness (QED) is 0.512. The van der Waals surface area contributed by atoms with Crippen LogP contribution < -0.4 is 0 Å². The Kier molecular flexibility index (Phi) is 7.58. The van der Waals surface area contributed by atoms with Crippen molar-refractivity contribution in [2.24, 2.45) is 29.1 Å². The Labute approximate surface area is 184 Å². The highest BCUT2D eigenvalue weighted by atomic mass is 16.3. The molecule has 0 heterocycles. The van der Waals surface area contributed by atoms with Gasteiger partial charge < -0.3 is 15.3 Å². The number of fused-ring (bicyclic) bond motifs is 1. The molecule has 3 heteroatoms. The first-order valence-electron chi connectivity index (χ1n) is 12.5. The van der Waals surface area contributed by atoms with Crippen molar-refractivity contribution in [3.05, 3.63) is 23.3 Å². The minimum Gasteiger partial charge on any atom is -0.393 e. The zero-order chi connectivity index (χ0) is 22.1. The third-order valence-corrected chi connectivity index (χ3v) is 8.65. The molecule has 3 nitrogen and oxygen atoms in total. The highest BCUT2D eigenvalue weighted by Gasteiger charge is 2.50. The van der Waals surface area contributed by atoms with E-state index in [4.69, 9.17) is 0 Å². The van der Waals surface area contributed by atoms with Crippen LogP contribution in [0.3, 0.4) is 0 Å². The Bertz CT molecular complexity index is 643. The van der Waals surface area contributed by atoms with Crippen molar-refractivity contribution in [2.75, 3.05) is 0 Å². The second-order valence-corrected chi connectivity index (χ2v) is 11.8. The molecule has 0 saturated heterocycles. The Morgan fingerprint density at radius 1 is 1.13 bits per heavy atom. The first kappa shape index (κ1) is 24.0. The molecule has 0 aromatic rings. The summed E-state index contributed by atoms with van der Waals surface area (Å²) < 4.78 is 0. The van der Waals surface area contributed by atoms with Crippen molar-refractivity contribution in [2.45, 2.75) is 117 Å². The average molecular weight is 419 g/mol. The minimum atomic E-state index is -0.806. The van der Waals surface area contributed by atoms with Crippen LogP contribution in [0, 0.1) is 29.1 Å². The van der Waals surface area contributed by atoms with Gasteiger partial charge in [-0.1, -0.05) is 44.1 Å². The zero-order valence-electron chi connectivity index (χ0n) is 20.0. The van der Waals surface area contributed by atoms with E-state index >= 15 is 0 Å². The van der Waals surface area contributed by atoms with E-state index in [1.807, 2.05) is 0 Å². The average Bonchev–Trinajstić information content (AvgIpc) is 2.98. The van der Waals surface area contributed by atoms with Gasteiger partial charge in [0.15, 0.2) is 0 Å². The Morgan fingerprint density at radius 3 is 2.53 bits per heavy atom. The molecule has 0 aromatic heterocycles. The van der Waals surface area contributed by atoms with Crippen molar-refractivity contribution in [1.82, 2.24) is 0 Å². The van der Waals surface area contributed by atoms with Gasteiger partial charge in [0.2, 0.25) is 0 Å². The minimum absolute atomic E-state index is 0.158. The largest absolute Gasteiger partial charge is 0.393 e. The lowest BCUT2D eigenvalue weighted by Gasteiger charge is -2.44. The van der Waals surface area contributed by atoms with E-state index < -0.39 is 11.7 Å². The normalized spacial score (nSPS) is 39.9. The molecule has 3 rings (SSSR count). The molecule has 3 N–H and O–H groups in total. The highest BCUT2D eigenvalue weighted by Crippen LogP contribution is 2.60. The summed E-state index contributed by atoms with van der Waals surface area (Å²) in [5, 5.41) is 30.6. The van der Waals surface area contributed by atoms with Crippen LogP contribution in [-0.4, -0.2) is 33.1 Å². The van der Waals surface area contributed by atoms with Crippen molar-refractivity contribution in [3.63, 3.8) is 0 Å². The van der Waals surface area contributed by atoms with E-state index in [-0.39, 0.29) is 6.10 Å². The van der Waals surface area contributed by atoms with Crippen LogP contribution in [0.4, 0.5) is 0 Å². The van der Waals surface area contributed by atoms with Gasteiger partial charge in [-0.15, -0.1) is 0 Å². The maximum absolute atomic E-state index is 10.5. The molecular weight excluding hydrogens is 372 g/mol. The smallest absolute Gasteiger partial charge is 0.0616 e. The predicted octanol–water partition coefficient (Wildman–Crippen LogP) is 5.78. The van der Waals surface area contributed by atoms with Crippen LogP contribution in [-0.2, 0) is 0 Å². The van der Waals surface area contributed by atoms with Crippen molar-refractivity contribution in [3.8, 4) is 0 Å². The summed E-state index contributed by atoms with van der Waals surface area (Å²) in [6, 6.07) is 0. The van der Waals surface area contributed by atoms with Crippen molar-refractivity contribution in [1.29, 1.82) is 0 Å². The summed E-state index contributed by atoms with van der Waals surface area (Å²) in [6.07, 6.45) is 14.6. The number of aliphatic hydroxyl groups is 3. The van der Waals surface area contributed by atoms with Crippen LogP contribution in [0.5, 0.6) is 0 Å².